The fourth-order valence-corrected chi connectivity index (χ4v) is 3.27. The third-order valence-corrected chi connectivity index (χ3v) is 4.73. The maximum atomic E-state index is 13.6. The van der Waals surface area contributed by atoms with Crippen LogP contribution in [0.15, 0.2) is 30.5 Å². The number of nitrogens with zero attached hydrogens (tertiary/aromatic N) is 1. The Morgan fingerprint density at radius 1 is 1.28 bits per heavy atom. The molecule has 1 aliphatic rings. The number of ether oxygens (including phenoxy) is 1. The summed E-state index contributed by atoms with van der Waals surface area (Å²) in [6, 6.07) is 5.85. The number of amides is 1. The molecule has 1 aromatic carbocycles. The van der Waals surface area contributed by atoms with Gasteiger partial charge in [0.1, 0.15) is 11.9 Å². The van der Waals surface area contributed by atoms with Crippen LogP contribution in [0, 0.1) is 5.82 Å². The Morgan fingerprint density at radius 3 is 2.80 bits per heavy atom. The molecule has 0 aliphatic heterocycles. The number of hydrogen-bond acceptors (Lipinski definition) is 3. The van der Waals surface area contributed by atoms with Crippen molar-refractivity contribution in [1.82, 2.24) is 10.3 Å². The predicted octanol–water partition coefficient (Wildman–Crippen LogP) is 4.78. The van der Waals surface area contributed by atoms with E-state index >= 15 is 0 Å². The summed E-state index contributed by atoms with van der Waals surface area (Å²) < 4.78 is 19.5. The number of pyridine rings is 1. The average Bonchev–Trinajstić information content (AvgIpc) is 3.10. The number of halogens is 3. The van der Waals surface area contributed by atoms with Crippen molar-refractivity contribution >= 4 is 29.1 Å². The lowest BCUT2D eigenvalue weighted by Gasteiger charge is -2.15. The summed E-state index contributed by atoms with van der Waals surface area (Å²) in [5.74, 6) is -0.665. The third kappa shape index (κ3) is 4.41. The molecule has 0 saturated heterocycles. The molecule has 7 heteroatoms. The smallest absolute Gasteiger partial charge is 0.253 e. The van der Waals surface area contributed by atoms with E-state index in [0.29, 0.717) is 5.88 Å². The lowest BCUT2D eigenvalue weighted by atomic mass is 10.2. The van der Waals surface area contributed by atoms with E-state index in [-0.39, 0.29) is 28.3 Å². The number of nitrogens with one attached hydrogen (secondary N) is 1. The Balaban J connectivity index is 1.69. The molecule has 1 aromatic heterocycles. The van der Waals surface area contributed by atoms with E-state index in [2.05, 4.69) is 10.3 Å². The molecule has 0 atom stereocenters. The number of aromatic nitrogens is 1. The predicted molar refractivity (Wildman–Crippen MR) is 94.7 cm³/mol. The van der Waals surface area contributed by atoms with Crippen LogP contribution < -0.4 is 10.1 Å². The van der Waals surface area contributed by atoms with E-state index < -0.39 is 11.7 Å². The molecule has 1 aliphatic carbocycles. The Morgan fingerprint density at radius 2 is 2.04 bits per heavy atom. The van der Waals surface area contributed by atoms with Gasteiger partial charge in [0, 0.05) is 18.3 Å². The maximum Gasteiger partial charge on any atom is 0.253 e. The zero-order valence-electron chi connectivity index (χ0n) is 13.4. The molecule has 25 heavy (non-hydrogen) atoms. The van der Waals surface area contributed by atoms with Gasteiger partial charge in [-0.05, 0) is 43.9 Å². The van der Waals surface area contributed by atoms with Gasteiger partial charge in [-0.2, -0.15) is 0 Å². The second-order valence-electron chi connectivity index (χ2n) is 5.92. The van der Waals surface area contributed by atoms with E-state index in [1.165, 1.54) is 6.07 Å². The first-order valence-corrected chi connectivity index (χ1v) is 8.83. The number of carbonyl (C=O) groups excluding carboxylic acids is 1. The van der Waals surface area contributed by atoms with Crippen molar-refractivity contribution in [3.8, 4) is 5.88 Å². The summed E-state index contributed by atoms with van der Waals surface area (Å²) in [5.41, 5.74) is 0.791. The van der Waals surface area contributed by atoms with Crippen LogP contribution in [-0.4, -0.2) is 17.0 Å². The van der Waals surface area contributed by atoms with Crippen molar-refractivity contribution in [2.75, 3.05) is 0 Å². The third-order valence-electron chi connectivity index (χ3n) is 4.12. The van der Waals surface area contributed by atoms with E-state index in [0.717, 1.165) is 37.3 Å². The van der Waals surface area contributed by atoms with Gasteiger partial charge in [0.05, 0.1) is 15.6 Å². The highest BCUT2D eigenvalue weighted by atomic mass is 35.5. The van der Waals surface area contributed by atoms with Gasteiger partial charge in [-0.1, -0.05) is 29.3 Å². The molecule has 4 nitrogen and oxygen atoms in total. The molecule has 132 valence electrons. The highest BCUT2D eigenvalue weighted by Crippen LogP contribution is 2.26. The van der Waals surface area contributed by atoms with Crippen LogP contribution in [0.4, 0.5) is 4.39 Å². The molecule has 0 spiro atoms. The van der Waals surface area contributed by atoms with Crippen molar-refractivity contribution in [3.05, 3.63) is 57.5 Å². The summed E-state index contributed by atoms with van der Waals surface area (Å²) in [4.78, 5) is 16.6. The minimum atomic E-state index is -0.692. The van der Waals surface area contributed by atoms with E-state index in [4.69, 9.17) is 27.9 Å². The lowest BCUT2D eigenvalue weighted by Crippen LogP contribution is -2.24. The van der Waals surface area contributed by atoms with Crippen LogP contribution >= 0.6 is 23.2 Å². The molecule has 1 fully saturated rings. The molecular weight excluding hydrogens is 366 g/mol. The minimum absolute atomic E-state index is 0.0331. The van der Waals surface area contributed by atoms with Crippen LogP contribution in [-0.2, 0) is 6.54 Å². The summed E-state index contributed by atoms with van der Waals surface area (Å²) in [5, 5.41) is 2.69. The second kappa shape index (κ2) is 8.02. The van der Waals surface area contributed by atoms with Crippen LogP contribution in [0.25, 0.3) is 0 Å². The molecule has 2 aromatic rings. The molecule has 0 radical (unpaired) electrons. The summed E-state index contributed by atoms with van der Waals surface area (Å²) >= 11 is 11.6. The van der Waals surface area contributed by atoms with Crippen molar-refractivity contribution in [2.45, 2.75) is 38.3 Å². The van der Waals surface area contributed by atoms with E-state index in [1.54, 1.807) is 12.3 Å². The Labute approximate surface area is 155 Å². The van der Waals surface area contributed by atoms with Gasteiger partial charge in [-0.25, -0.2) is 9.37 Å². The normalized spacial score (nSPS) is 14.5. The number of rotatable bonds is 5. The molecule has 1 amide bonds. The Kier molecular flexibility index (Phi) is 5.76. The van der Waals surface area contributed by atoms with Crippen molar-refractivity contribution in [3.63, 3.8) is 0 Å². The summed E-state index contributed by atoms with van der Waals surface area (Å²) in [6.45, 7) is 0.204. The van der Waals surface area contributed by atoms with Gasteiger partial charge in [0.2, 0.25) is 5.88 Å². The van der Waals surface area contributed by atoms with Gasteiger partial charge in [-0.15, -0.1) is 0 Å². The zero-order valence-corrected chi connectivity index (χ0v) is 14.9. The van der Waals surface area contributed by atoms with Crippen LogP contribution in [0.2, 0.25) is 10.0 Å². The fourth-order valence-electron chi connectivity index (χ4n) is 2.80. The maximum absolute atomic E-state index is 13.6. The molecule has 1 N–H and O–H groups in total. The number of carbonyl (C=O) groups is 1. The first kappa shape index (κ1) is 18.0. The van der Waals surface area contributed by atoms with Crippen LogP contribution in [0.5, 0.6) is 5.88 Å². The molecule has 1 heterocycles. The van der Waals surface area contributed by atoms with Crippen molar-refractivity contribution < 1.29 is 13.9 Å². The quantitative estimate of drug-likeness (QED) is 0.757. The van der Waals surface area contributed by atoms with Gasteiger partial charge in [0.15, 0.2) is 0 Å². The molecule has 0 unspecified atom stereocenters. The fraction of sp³-hybridized carbons (Fsp3) is 0.333. The molecular formula is C18H17Cl2FN2O2. The zero-order chi connectivity index (χ0) is 17.8. The Bertz CT molecular complexity index is 780. The standard InChI is InChI=1S/C18H17Cl2FN2O2/c19-14-9-15(20)16(21)8-13(14)17(24)23-10-11-4-3-7-22-18(11)25-12-5-1-2-6-12/h3-4,7-9,12H,1-2,5-6,10H2,(H,23,24). The minimum Gasteiger partial charge on any atom is -0.474 e. The Hall–Kier alpha value is -1.85. The van der Waals surface area contributed by atoms with Crippen LogP contribution in [0.1, 0.15) is 41.6 Å². The van der Waals surface area contributed by atoms with Crippen LogP contribution in [0.3, 0.4) is 0 Å². The summed E-state index contributed by atoms with van der Waals surface area (Å²) in [6.07, 6.45) is 6.17. The lowest BCUT2D eigenvalue weighted by molar-refractivity contribution is 0.0950. The topological polar surface area (TPSA) is 51.2 Å². The second-order valence-corrected chi connectivity index (χ2v) is 6.74. The SMILES string of the molecule is O=C(NCc1cccnc1OC1CCCC1)c1cc(F)c(Cl)cc1Cl. The highest BCUT2D eigenvalue weighted by Gasteiger charge is 2.19. The van der Waals surface area contributed by atoms with E-state index in [1.807, 2.05) is 6.07 Å². The first-order chi connectivity index (χ1) is 12.0. The number of hydrogen-bond donors (Lipinski definition) is 1. The van der Waals surface area contributed by atoms with Gasteiger partial charge in [-0.3, -0.25) is 4.79 Å². The number of benzene rings is 1. The molecule has 0 bridgehead atoms. The van der Waals surface area contributed by atoms with Gasteiger partial charge >= 0.3 is 0 Å². The van der Waals surface area contributed by atoms with Gasteiger partial charge < -0.3 is 10.1 Å². The highest BCUT2D eigenvalue weighted by molar-refractivity contribution is 6.36. The molecule has 1 saturated carbocycles. The van der Waals surface area contributed by atoms with E-state index in [9.17, 15) is 9.18 Å². The van der Waals surface area contributed by atoms with Gasteiger partial charge in [0.25, 0.3) is 5.91 Å². The first-order valence-electron chi connectivity index (χ1n) is 8.08. The van der Waals surface area contributed by atoms with Crippen molar-refractivity contribution in [1.29, 1.82) is 0 Å². The largest absolute Gasteiger partial charge is 0.474 e. The summed E-state index contributed by atoms with van der Waals surface area (Å²) in [7, 11) is 0. The average molecular weight is 383 g/mol. The van der Waals surface area contributed by atoms with Crippen molar-refractivity contribution in [2.24, 2.45) is 0 Å². The monoisotopic (exact) mass is 382 g/mol. The molecule has 3 rings (SSSR count).